The lowest BCUT2D eigenvalue weighted by molar-refractivity contribution is -0.138. The number of hydrogen-bond donors (Lipinski definition) is 1. The van der Waals surface area contributed by atoms with E-state index in [4.69, 9.17) is 10.5 Å². The Morgan fingerprint density at radius 2 is 1.89 bits per heavy atom. The van der Waals surface area contributed by atoms with Crippen LogP contribution in [0.3, 0.4) is 0 Å². The molecule has 0 atom stereocenters. The number of carbonyl (C=O) groups excluding carboxylic acids is 1. The van der Waals surface area contributed by atoms with Gasteiger partial charge in [0.05, 0.1) is 11.5 Å². The lowest BCUT2D eigenvalue weighted by atomic mass is 10.2. The Labute approximate surface area is 106 Å². The summed E-state index contributed by atoms with van der Waals surface area (Å²) in [7, 11) is -3.22. The Kier molecular flexibility index (Phi) is 4.49. The predicted molar refractivity (Wildman–Crippen MR) is 68.3 cm³/mol. The van der Waals surface area contributed by atoms with Crippen molar-refractivity contribution in [2.75, 3.05) is 12.9 Å². The molecular formula is C12H15NO4S. The summed E-state index contributed by atoms with van der Waals surface area (Å²) in [6.07, 6.45) is 2.56. The zero-order valence-corrected chi connectivity index (χ0v) is 11.0. The summed E-state index contributed by atoms with van der Waals surface area (Å²) in [5.74, 6) is -0.593. The van der Waals surface area contributed by atoms with Crippen LogP contribution >= 0.6 is 0 Å². The molecule has 2 N–H and O–H groups in total. The van der Waals surface area contributed by atoms with Gasteiger partial charge in [-0.2, -0.15) is 0 Å². The molecule has 0 saturated heterocycles. The van der Waals surface area contributed by atoms with Crippen LogP contribution in [0, 0.1) is 0 Å². The van der Waals surface area contributed by atoms with Crippen molar-refractivity contribution in [1.29, 1.82) is 0 Å². The van der Waals surface area contributed by atoms with Gasteiger partial charge < -0.3 is 10.5 Å². The van der Waals surface area contributed by atoms with Crippen molar-refractivity contribution in [2.24, 2.45) is 5.73 Å². The van der Waals surface area contributed by atoms with Crippen LogP contribution in [0.1, 0.15) is 12.5 Å². The van der Waals surface area contributed by atoms with Crippen LogP contribution in [0.2, 0.25) is 0 Å². The topological polar surface area (TPSA) is 86.5 Å². The van der Waals surface area contributed by atoms with Gasteiger partial charge in [-0.05, 0) is 30.7 Å². The summed E-state index contributed by atoms with van der Waals surface area (Å²) in [6.45, 7) is 1.94. The molecule has 0 bridgehead atoms. The highest BCUT2D eigenvalue weighted by Crippen LogP contribution is 2.12. The van der Waals surface area contributed by atoms with Gasteiger partial charge in [0.2, 0.25) is 0 Å². The molecule has 0 aromatic heterocycles. The molecule has 18 heavy (non-hydrogen) atoms. The summed E-state index contributed by atoms with van der Waals surface area (Å²) < 4.78 is 27.2. The lowest BCUT2D eigenvalue weighted by Crippen LogP contribution is -2.14. The van der Waals surface area contributed by atoms with E-state index in [9.17, 15) is 13.2 Å². The smallest absolute Gasteiger partial charge is 0.354 e. The van der Waals surface area contributed by atoms with Crippen molar-refractivity contribution >= 4 is 21.9 Å². The van der Waals surface area contributed by atoms with Crippen LogP contribution in [-0.4, -0.2) is 27.2 Å². The molecule has 0 radical (unpaired) electrons. The highest BCUT2D eigenvalue weighted by molar-refractivity contribution is 7.90. The Morgan fingerprint density at radius 1 is 1.33 bits per heavy atom. The standard InChI is InChI=1S/C12H15NO4S/c1-3-17-12(14)11(13)8-9-4-6-10(7-5-9)18(2,15)16/h4-8H,3,13H2,1-2H3. The number of hydrogen-bond acceptors (Lipinski definition) is 5. The van der Waals surface area contributed by atoms with Crippen molar-refractivity contribution in [3.8, 4) is 0 Å². The van der Waals surface area contributed by atoms with Crippen molar-refractivity contribution in [3.63, 3.8) is 0 Å². The minimum absolute atomic E-state index is 0.0241. The van der Waals surface area contributed by atoms with E-state index < -0.39 is 15.8 Å². The minimum Gasteiger partial charge on any atom is -0.461 e. The maximum Gasteiger partial charge on any atom is 0.354 e. The highest BCUT2D eigenvalue weighted by Gasteiger charge is 2.07. The molecule has 0 aliphatic rings. The highest BCUT2D eigenvalue weighted by atomic mass is 32.2. The molecule has 5 nitrogen and oxygen atoms in total. The average molecular weight is 269 g/mol. The third-order valence-corrected chi connectivity index (χ3v) is 3.27. The van der Waals surface area contributed by atoms with E-state index in [0.717, 1.165) is 6.26 Å². The van der Waals surface area contributed by atoms with Crippen LogP contribution in [0.5, 0.6) is 0 Å². The van der Waals surface area contributed by atoms with Gasteiger partial charge in [-0.3, -0.25) is 0 Å². The first-order chi connectivity index (χ1) is 8.34. The third kappa shape index (κ3) is 3.89. The van der Waals surface area contributed by atoms with Gasteiger partial charge in [-0.1, -0.05) is 12.1 Å². The van der Waals surface area contributed by atoms with Gasteiger partial charge in [0.1, 0.15) is 5.70 Å². The maximum absolute atomic E-state index is 11.3. The van der Waals surface area contributed by atoms with E-state index in [1.165, 1.54) is 18.2 Å². The predicted octanol–water partition coefficient (Wildman–Crippen LogP) is 0.953. The first-order valence-electron chi connectivity index (χ1n) is 5.29. The number of rotatable bonds is 4. The van der Waals surface area contributed by atoms with E-state index in [0.29, 0.717) is 5.56 Å². The zero-order chi connectivity index (χ0) is 13.8. The fourth-order valence-electron chi connectivity index (χ4n) is 1.26. The molecule has 0 fully saturated rings. The van der Waals surface area contributed by atoms with Crippen LogP contribution < -0.4 is 5.73 Å². The molecule has 98 valence electrons. The van der Waals surface area contributed by atoms with Gasteiger partial charge in [0.25, 0.3) is 0 Å². The van der Waals surface area contributed by atoms with E-state index in [2.05, 4.69) is 0 Å². The van der Waals surface area contributed by atoms with E-state index >= 15 is 0 Å². The molecule has 1 aromatic carbocycles. The molecule has 0 saturated carbocycles. The van der Waals surface area contributed by atoms with Crippen LogP contribution in [0.4, 0.5) is 0 Å². The molecule has 1 rings (SSSR count). The molecule has 6 heteroatoms. The zero-order valence-electron chi connectivity index (χ0n) is 10.2. The second-order valence-corrected chi connectivity index (χ2v) is 5.68. The van der Waals surface area contributed by atoms with Crippen molar-refractivity contribution in [1.82, 2.24) is 0 Å². The van der Waals surface area contributed by atoms with Crippen molar-refractivity contribution < 1.29 is 17.9 Å². The third-order valence-electron chi connectivity index (χ3n) is 2.14. The van der Waals surface area contributed by atoms with Gasteiger partial charge in [0.15, 0.2) is 9.84 Å². The monoisotopic (exact) mass is 269 g/mol. The molecule has 0 aliphatic carbocycles. The number of esters is 1. The molecule has 0 spiro atoms. The number of ether oxygens (including phenoxy) is 1. The summed E-state index contributed by atoms with van der Waals surface area (Å²) >= 11 is 0. The SMILES string of the molecule is CCOC(=O)C(N)=Cc1ccc(S(C)(=O)=O)cc1. The Hall–Kier alpha value is -1.82. The summed E-state index contributed by atoms with van der Waals surface area (Å²) in [6, 6.07) is 6.06. The van der Waals surface area contributed by atoms with Crippen LogP contribution in [0.25, 0.3) is 6.08 Å². The summed E-state index contributed by atoms with van der Waals surface area (Å²) in [5, 5.41) is 0. The molecule has 0 heterocycles. The molecular weight excluding hydrogens is 254 g/mol. The fourth-order valence-corrected chi connectivity index (χ4v) is 1.89. The maximum atomic E-state index is 11.3. The molecule has 0 aliphatic heterocycles. The number of carbonyl (C=O) groups is 1. The molecule has 0 unspecified atom stereocenters. The second-order valence-electron chi connectivity index (χ2n) is 3.66. The first kappa shape index (κ1) is 14.2. The summed E-state index contributed by atoms with van der Waals surface area (Å²) in [4.78, 5) is 11.5. The van der Waals surface area contributed by atoms with E-state index in [1.54, 1.807) is 19.1 Å². The second kappa shape index (κ2) is 5.68. The lowest BCUT2D eigenvalue weighted by Gasteiger charge is -2.02. The summed E-state index contributed by atoms with van der Waals surface area (Å²) in [5.41, 5.74) is 6.14. The van der Waals surface area contributed by atoms with Gasteiger partial charge in [-0.15, -0.1) is 0 Å². The fraction of sp³-hybridized carbons (Fsp3) is 0.250. The normalized spacial score (nSPS) is 12.2. The Bertz CT molecular complexity index is 558. The van der Waals surface area contributed by atoms with Crippen molar-refractivity contribution in [3.05, 3.63) is 35.5 Å². The van der Waals surface area contributed by atoms with Crippen LogP contribution in [0.15, 0.2) is 34.9 Å². The van der Waals surface area contributed by atoms with E-state index in [-0.39, 0.29) is 17.2 Å². The minimum atomic E-state index is -3.22. The van der Waals surface area contributed by atoms with Crippen LogP contribution in [-0.2, 0) is 19.4 Å². The first-order valence-corrected chi connectivity index (χ1v) is 7.18. The van der Waals surface area contributed by atoms with Gasteiger partial charge in [0, 0.05) is 6.26 Å². The van der Waals surface area contributed by atoms with Gasteiger partial charge >= 0.3 is 5.97 Å². The Morgan fingerprint density at radius 3 is 2.33 bits per heavy atom. The van der Waals surface area contributed by atoms with Gasteiger partial charge in [-0.25, -0.2) is 13.2 Å². The van der Waals surface area contributed by atoms with E-state index in [1.807, 2.05) is 0 Å². The quantitative estimate of drug-likeness (QED) is 0.649. The Balaban J connectivity index is 2.93. The number of sulfone groups is 1. The largest absolute Gasteiger partial charge is 0.461 e. The molecule has 1 aromatic rings. The number of nitrogens with two attached hydrogens (primary N) is 1. The average Bonchev–Trinajstić information content (AvgIpc) is 2.28. The van der Waals surface area contributed by atoms with Crippen molar-refractivity contribution in [2.45, 2.75) is 11.8 Å². The molecule has 0 amide bonds. The number of benzene rings is 1.